The normalized spacial score (nSPS) is 20.1. The first-order valence-electron chi connectivity index (χ1n) is 7.21. The molecule has 1 fully saturated rings. The zero-order valence-electron chi connectivity index (χ0n) is 11.8. The number of nitrogens with two attached hydrogens (primary N) is 1. The maximum absolute atomic E-state index is 6.48. The van der Waals surface area contributed by atoms with Crippen molar-refractivity contribution in [2.24, 2.45) is 5.73 Å². The molecule has 0 amide bonds. The fraction of sp³-hybridized carbons (Fsp3) is 0.500. The van der Waals surface area contributed by atoms with E-state index in [1.807, 2.05) is 37.3 Å². The van der Waals surface area contributed by atoms with E-state index in [1.165, 1.54) is 0 Å². The highest BCUT2D eigenvalue weighted by atomic mass is 16.5. The van der Waals surface area contributed by atoms with Crippen molar-refractivity contribution >= 4 is 11.0 Å². The summed E-state index contributed by atoms with van der Waals surface area (Å²) in [5.41, 5.74) is 6.98. The summed E-state index contributed by atoms with van der Waals surface area (Å²) in [6.45, 7) is 4.03. The Bertz CT molecular complexity index is 533. The average molecular weight is 275 g/mol. The minimum Gasteiger partial charge on any atom is -0.459 e. The van der Waals surface area contributed by atoms with Gasteiger partial charge in [0.05, 0.1) is 11.6 Å². The lowest BCUT2D eigenvalue weighted by Gasteiger charge is -2.40. The second kappa shape index (κ2) is 5.56. The van der Waals surface area contributed by atoms with Gasteiger partial charge in [0.15, 0.2) is 0 Å². The van der Waals surface area contributed by atoms with Crippen LogP contribution < -0.4 is 5.73 Å². The SMILES string of the molecule is CCOC1(C(N)c2cc3ccccc3o2)CCOCC1. The van der Waals surface area contributed by atoms with E-state index < -0.39 is 0 Å². The smallest absolute Gasteiger partial charge is 0.134 e. The molecule has 0 aliphatic carbocycles. The van der Waals surface area contributed by atoms with Crippen molar-refractivity contribution in [2.75, 3.05) is 19.8 Å². The highest BCUT2D eigenvalue weighted by Crippen LogP contribution is 2.38. The van der Waals surface area contributed by atoms with Gasteiger partial charge in [-0.1, -0.05) is 18.2 Å². The second-order valence-electron chi connectivity index (χ2n) is 5.27. The van der Waals surface area contributed by atoms with Crippen molar-refractivity contribution in [3.8, 4) is 0 Å². The molecule has 108 valence electrons. The third kappa shape index (κ3) is 2.35. The van der Waals surface area contributed by atoms with Crippen molar-refractivity contribution in [1.82, 2.24) is 0 Å². The average Bonchev–Trinajstić information content (AvgIpc) is 2.91. The largest absolute Gasteiger partial charge is 0.459 e. The minimum absolute atomic E-state index is 0.265. The fourth-order valence-corrected chi connectivity index (χ4v) is 2.96. The van der Waals surface area contributed by atoms with Crippen LogP contribution in [0.25, 0.3) is 11.0 Å². The summed E-state index contributed by atoms with van der Waals surface area (Å²) in [4.78, 5) is 0. The molecule has 1 aliphatic heterocycles. The molecule has 4 nitrogen and oxygen atoms in total. The van der Waals surface area contributed by atoms with Crippen molar-refractivity contribution in [1.29, 1.82) is 0 Å². The lowest BCUT2D eigenvalue weighted by Crippen LogP contribution is -2.48. The Labute approximate surface area is 118 Å². The van der Waals surface area contributed by atoms with Gasteiger partial charge in [-0.15, -0.1) is 0 Å². The number of furan rings is 1. The van der Waals surface area contributed by atoms with Crippen LogP contribution in [0.3, 0.4) is 0 Å². The molecule has 2 N–H and O–H groups in total. The molecule has 1 unspecified atom stereocenters. The van der Waals surface area contributed by atoms with Crippen molar-refractivity contribution in [3.05, 3.63) is 36.1 Å². The summed E-state index contributed by atoms with van der Waals surface area (Å²) in [7, 11) is 0. The fourth-order valence-electron chi connectivity index (χ4n) is 2.96. The van der Waals surface area contributed by atoms with Gasteiger partial charge in [-0.25, -0.2) is 0 Å². The Kier molecular flexibility index (Phi) is 3.78. The Balaban J connectivity index is 1.93. The van der Waals surface area contributed by atoms with Gasteiger partial charge in [0.1, 0.15) is 11.3 Å². The monoisotopic (exact) mass is 275 g/mol. The molecule has 1 aromatic heterocycles. The van der Waals surface area contributed by atoms with Crippen molar-refractivity contribution in [2.45, 2.75) is 31.4 Å². The van der Waals surface area contributed by atoms with E-state index >= 15 is 0 Å². The molecule has 20 heavy (non-hydrogen) atoms. The summed E-state index contributed by atoms with van der Waals surface area (Å²) < 4.78 is 17.4. The molecule has 1 aliphatic rings. The molecule has 1 aromatic carbocycles. The number of para-hydroxylation sites is 1. The minimum atomic E-state index is -0.374. The first kappa shape index (κ1) is 13.6. The molecular formula is C16H21NO3. The number of rotatable bonds is 4. The Morgan fingerprint density at radius 3 is 2.75 bits per heavy atom. The third-order valence-corrected chi connectivity index (χ3v) is 4.09. The maximum Gasteiger partial charge on any atom is 0.134 e. The van der Waals surface area contributed by atoms with E-state index in [0.717, 1.165) is 29.6 Å². The van der Waals surface area contributed by atoms with Gasteiger partial charge in [-0.2, -0.15) is 0 Å². The summed E-state index contributed by atoms with van der Waals surface area (Å²) in [5.74, 6) is 0.793. The van der Waals surface area contributed by atoms with E-state index in [9.17, 15) is 0 Å². The van der Waals surface area contributed by atoms with Gasteiger partial charge >= 0.3 is 0 Å². The number of fused-ring (bicyclic) bond motifs is 1. The van der Waals surface area contributed by atoms with Gasteiger partial charge in [0.25, 0.3) is 0 Å². The van der Waals surface area contributed by atoms with Crippen LogP contribution in [-0.4, -0.2) is 25.4 Å². The Morgan fingerprint density at radius 1 is 1.30 bits per heavy atom. The molecule has 4 heteroatoms. The van der Waals surface area contributed by atoms with Crippen LogP contribution in [0, 0.1) is 0 Å². The molecule has 1 saturated heterocycles. The van der Waals surface area contributed by atoms with Gasteiger partial charge in [0, 0.05) is 38.0 Å². The zero-order valence-corrected chi connectivity index (χ0v) is 11.8. The van der Waals surface area contributed by atoms with Gasteiger partial charge in [-0.3, -0.25) is 0 Å². The predicted molar refractivity (Wildman–Crippen MR) is 77.6 cm³/mol. The third-order valence-electron chi connectivity index (χ3n) is 4.09. The second-order valence-corrected chi connectivity index (χ2v) is 5.27. The van der Waals surface area contributed by atoms with Crippen LogP contribution in [-0.2, 0) is 9.47 Å². The molecule has 0 saturated carbocycles. The molecule has 1 atom stereocenters. The van der Waals surface area contributed by atoms with Crippen molar-refractivity contribution in [3.63, 3.8) is 0 Å². The zero-order chi connectivity index (χ0) is 14.0. The van der Waals surface area contributed by atoms with E-state index in [1.54, 1.807) is 0 Å². The van der Waals surface area contributed by atoms with Crippen LogP contribution in [0.2, 0.25) is 0 Å². The molecule has 2 aromatic rings. The summed E-state index contributed by atoms with van der Waals surface area (Å²) >= 11 is 0. The Morgan fingerprint density at radius 2 is 2.05 bits per heavy atom. The Hall–Kier alpha value is -1.36. The summed E-state index contributed by atoms with van der Waals surface area (Å²) in [6.07, 6.45) is 1.61. The topological polar surface area (TPSA) is 57.6 Å². The van der Waals surface area contributed by atoms with Crippen LogP contribution in [0.1, 0.15) is 31.6 Å². The lowest BCUT2D eigenvalue weighted by molar-refractivity contribution is -0.124. The maximum atomic E-state index is 6.48. The standard InChI is InChI=1S/C16H21NO3/c1-2-19-16(7-9-18-10-8-16)15(17)14-11-12-5-3-4-6-13(12)20-14/h3-6,11,15H,2,7-10,17H2,1H3. The highest BCUT2D eigenvalue weighted by molar-refractivity contribution is 5.77. The van der Waals surface area contributed by atoms with E-state index in [2.05, 4.69) is 0 Å². The lowest BCUT2D eigenvalue weighted by atomic mass is 9.85. The number of ether oxygens (including phenoxy) is 2. The highest BCUT2D eigenvalue weighted by Gasteiger charge is 2.41. The van der Waals surface area contributed by atoms with Gasteiger partial charge < -0.3 is 19.6 Å². The summed E-state index contributed by atoms with van der Waals surface area (Å²) in [6, 6.07) is 9.72. The van der Waals surface area contributed by atoms with E-state index in [0.29, 0.717) is 19.8 Å². The number of hydrogen-bond acceptors (Lipinski definition) is 4. The van der Waals surface area contributed by atoms with Crippen LogP contribution in [0.5, 0.6) is 0 Å². The van der Waals surface area contributed by atoms with Crippen LogP contribution >= 0.6 is 0 Å². The van der Waals surface area contributed by atoms with Gasteiger partial charge in [-0.05, 0) is 19.1 Å². The number of hydrogen-bond donors (Lipinski definition) is 1. The molecule has 2 heterocycles. The first-order chi connectivity index (χ1) is 9.75. The van der Waals surface area contributed by atoms with E-state index in [4.69, 9.17) is 19.6 Å². The molecule has 3 rings (SSSR count). The number of benzene rings is 1. The van der Waals surface area contributed by atoms with Crippen molar-refractivity contribution < 1.29 is 13.9 Å². The molecule has 0 spiro atoms. The van der Waals surface area contributed by atoms with Crippen LogP contribution in [0.15, 0.2) is 34.7 Å². The molecular weight excluding hydrogens is 254 g/mol. The van der Waals surface area contributed by atoms with Crippen LogP contribution in [0.4, 0.5) is 0 Å². The molecule has 0 bridgehead atoms. The summed E-state index contributed by atoms with van der Waals surface area (Å²) in [5, 5.41) is 1.08. The molecule has 0 radical (unpaired) electrons. The quantitative estimate of drug-likeness (QED) is 0.931. The predicted octanol–water partition coefficient (Wildman–Crippen LogP) is 3.02. The van der Waals surface area contributed by atoms with E-state index in [-0.39, 0.29) is 11.6 Å². The van der Waals surface area contributed by atoms with Gasteiger partial charge in [0.2, 0.25) is 0 Å². The first-order valence-corrected chi connectivity index (χ1v) is 7.21.